The van der Waals surface area contributed by atoms with E-state index in [-0.39, 0.29) is 24.5 Å². The van der Waals surface area contributed by atoms with Crippen LogP contribution >= 0.6 is 0 Å². The molecule has 0 heterocycles. The van der Waals surface area contributed by atoms with E-state index in [9.17, 15) is 14.4 Å². The summed E-state index contributed by atoms with van der Waals surface area (Å²) in [4.78, 5) is 34.5. The third kappa shape index (κ3) is 25.0. The van der Waals surface area contributed by atoms with Crippen LogP contribution in [0.1, 0.15) is 136 Å². The van der Waals surface area contributed by atoms with Gasteiger partial charge in [0.05, 0.1) is 0 Å². The standard InChI is InChI=1S/C30H53NO5/c1-3-5-7-9-11-13-15-21-25-30(35)36-27(22-18-14-12-10-8-6-4-2)23-19-16-17-20-24-28(32)31-26-29(33)34/h10,12,18,22,27H,3-9,11,13-17,19-21,23-26H2,1-2H3,(H,31,32)(H,33,34)/b12-10-,22-18-. The van der Waals surface area contributed by atoms with Crippen LogP contribution in [-0.4, -0.2) is 35.6 Å². The molecule has 2 N–H and O–H groups in total. The Kier molecular flexibility index (Phi) is 24.4. The first-order valence-corrected chi connectivity index (χ1v) is 14.5. The van der Waals surface area contributed by atoms with Crippen molar-refractivity contribution < 1.29 is 24.2 Å². The van der Waals surface area contributed by atoms with E-state index < -0.39 is 5.97 Å². The van der Waals surface area contributed by atoms with Gasteiger partial charge >= 0.3 is 11.9 Å². The molecule has 0 saturated carbocycles. The van der Waals surface area contributed by atoms with Crippen LogP contribution in [-0.2, 0) is 19.1 Å². The van der Waals surface area contributed by atoms with Crippen molar-refractivity contribution in [3.05, 3.63) is 24.3 Å². The Hall–Kier alpha value is -2.11. The number of amides is 1. The summed E-state index contributed by atoms with van der Waals surface area (Å²) in [6, 6.07) is 0. The topological polar surface area (TPSA) is 92.7 Å². The fourth-order valence-electron chi connectivity index (χ4n) is 3.92. The molecule has 6 nitrogen and oxygen atoms in total. The summed E-state index contributed by atoms with van der Waals surface area (Å²) in [5.74, 6) is -1.36. The zero-order chi connectivity index (χ0) is 26.7. The Bertz CT molecular complexity index is 614. The number of esters is 1. The lowest BCUT2D eigenvalue weighted by atomic mass is 10.1. The maximum atomic E-state index is 12.4. The Balaban J connectivity index is 4.27. The van der Waals surface area contributed by atoms with E-state index in [0.29, 0.717) is 12.8 Å². The molecule has 0 aliphatic heterocycles. The van der Waals surface area contributed by atoms with Gasteiger partial charge in [0.1, 0.15) is 12.6 Å². The number of unbranched alkanes of at least 4 members (excludes halogenated alkanes) is 12. The molecule has 1 atom stereocenters. The molecule has 0 aromatic rings. The number of aliphatic carboxylic acids is 1. The van der Waals surface area contributed by atoms with Crippen LogP contribution in [0.3, 0.4) is 0 Å². The minimum absolute atomic E-state index is 0.107. The third-order valence-electron chi connectivity index (χ3n) is 6.11. The van der Waals surface area contributed by atoms with Crippen molar-refractivity contribution in [1.82, 2.24) is 5.32 Å². The van der Waals surface area contributed by atoms with Gasteiger partial charge in [-0.05, 0) is 44.6 Å². The number of hydrogen-bond acceptors (Lipinski definition) is 4. The summed E-state index contributed by atoms with van der Waals surface area (Å²) in [7, 11) is 0. The summed E-state index contributed by atoms with van der Waals surface area (Å²) in [5.41, 5.74) is 0. The van der Waals surface area contributed by atoms with E-state index in [1.807, 2.05) is 6.08 Å². The Labute approximate surface area is 220 Å². The number of nitrogens with one attached hydrogen (secondary N) is 1. The van der Waals surface area contributed by atoms with Crippen LogP contribution in [0.4, 0.5) is 0 Å². The molecule has 0 aliphatic rings. The monoisotopic (exact) mass is 507 g/mol. The largest absolute Gasteiger partial charge is 0.480 e. The number of carboxylic acids is 1. The highest BCUT2D eigenvalue weighted by molar-refractivity contribution is 5.80. The molecule has 1 unspecified atom stereocenters. The number of ether oxygens (including phenoxy) is 1. The van der Waals surface area contributed by atoms with Gasteiger partial charge in [-0.25, -0.2) is 0 Å². The molecule has 0 saturated heterocycles. The highest BCUT2D eigenvalue weighted by Gasteiger charge is 2.11. The van der Waals surface area contributed by atoms with E-state index in [1.165, 1.54) is 51.4 Å². The fraction of sp³-hybridized carbons (Fsp3) is 0.767. The average Bonchev–Trinajstić information content (AvgIpc) is 2.85. The fourth-order valence-corrected chi connectivity index (χ4v) is 3.92. The smallest absolute Gasteiger partial charge is 0.322 e. The molecule has 0 spiro atoms. The highest BCUT2D eigenvalue weighted by Crippen LogP contribution is 2.14. The maximum Gasteiger partial charge on any atom is 0.322 e. The summed E-state index contributed by atoms with van der Waals surface area (Å²) >= 11 is 0. The lowest BCUT2D eigenvalue weighted by molar-refractivity contribution is -0.147. The summed E-state index contributed by atoms with van der Waals surface area (Å²) in [6.45, 7) is 4.09. The molecule has 6 heteroatoms. The van der Waals surface area contributed by atoms with Gasteiger partial charge in [-0.1, -0.05) is 103 Å². The van der Waals surface area contributed by atoms with Gasteiger partial charge in [-0.15, -0.1) is 0 Å². The number of rotatable bonds is 25. The van der Waals surface area contributed by atoms with Crippen LogP contribution in [0, 0.1) is 0 Å². The van der Waals surface area contributed by atoms with E-state index in [0.717, 1.165) is 57.8 Å². The summed E-state index contributed by atoms with van der Waals surface area (Å²) < 4.78 is 5.78. The van der Waals surface area contributed by atoms with Crippen molar-refractivity contribution in [3.8, 4) is 0 Å². The predicted molar refractivity (Wildman–Crippen MR) is 148 cm³/mol. The second kappa shape index (κ2) is 26.0. The molecule has 1 amide bonds. The van der Waals surface area contributed by atoms with Gasteiger partial charge in [0.15, 0.2) is 0 Å². The quantitative estimate of drug-likeness (QED) is 0.0751. The zero-order valence-corrected chi connectivity index (χ0v) is 23.1. The predicted octanol–water partition coefficient (Wildman–Crippen LogP) is 7.66. The first-order chi connectivity index (χ1) is 17.5. The number of carbonyl (C=O) groups excluding carboxylic acids is 2. The molecule has 36 heavy (non-hydrogen) atoms. The average molecular weight is 508 g/mol. The number of hydrogen-bond donors (Lipinski definition) is 2. The zero-order valence-electron chi connectivity index (χ0n) is 23.1. The molecule has 0 aromatic carbocycles. The molecule has 0 rings (SSSR count). The van der Waals surface area contributed by atoms with Crippen molar-refractivity contribution in [3.63, 3.8) is 0 Å². The summed E-state index contributed by atoms with van der Waals surface area (Å²) in [5, 5.41) is 11.0. The van der Waals surface area contributed by atoms with Crippen LogP contribution in [0.15, 0.2) is 24.3 Å². The van der Waals surface area contributed by atoms with Gasteiger partial charge in [-0.3, -0.25) is 14.4 Å². The van der Waals surface area contributed by atoms with Crippen LogP contribution < -0.4 is 5.32 Å². The molecule has 0 bridgehead atoms. The van der Waals surface area contributed by atoms with Crippen LogP contribution in [0.5, 0.6) is 0 Å². The second-order valence-electron chi connectivity index (χ2n) is 9.65. The van der Waals surface area contributed by atoms with Crippen LogP contribution in [0.2, 0.25) is 0 Å². The molecule has 0 aliphatic carbocycles. The highest BCUT2D eigenvalue weighted by atomic mass is 16.5. The van der Waals surface area contributed by atoms with Gasteiger partial charge < -0.3 is 15.2 Å². The van der Waals surface area contributed by atoms with Crippen molar-refractivity contribution >= 4 is 17.8 Å². The van der Waals surface area contributed by atoms with Gasteiger partial charge in [0, 0.05) is 12.8 Å². The maximum absolute atomic E-state index is 12.4. The third-order valence-corrected chi connectivity index (χ3v) is 6.11. The first kappa shape index (κ1) is 33.9. The number of carbonyl (C=O) groups is 3. The van der Waals surface area contributed by atoms with E-state index in [2.05, 4.69) is 37.4 Å². The molecule has 0 radical (unpaired) electrons. The second-order valence-corrected chi connectivity index (χ2v) is 9.65. The summed E-state index contributed by atoms with van der Waals surface area (Å²) in [6.07, 6.45) is 27.4. The van der Waals surface area contributed by atoms with Gasteiger partial charge in [0.2, 0.25) is 5.91 Å². The first-order valence-electron chi connectivity index (χ1n) is 14.5. The minimum Gasteiger partial charge on any atom is -0.480 e. The Morgan fingerprint density at radius 1 is 0.750 bits per heavy atom. The lowest BCUT2D eigenvalue weighted by Gasteiger charge is -2.14. The number of allylic oxidation sites excluding steroid dienone is 3. The Morgan fingerprint density at radius 3 is 2.03 bits per heavy atom. The van der Waals surface area contributed by atoms with Gasteiger partial charge in [-0.2, -0.15) is 0 Å². The molecular weight excluding hydrogens is 454 g/mol. The molecule has 0 aromatic heterocycles. The molecule has 208 valence electrons. The Morgan fingerprint density at radius 2 is 1.36 bits per heavy atom. The van der Waals surface area contributed by atoms with Crippen molar-refractivity contribution in [2.24, 2.45) is 0 Å². The lowest BCUT2D eigenvalue weighted by Crippen LogP contribution is -2.28. The minimum atomic E-state index is -1.03. The van der Waals surface area contributed by atoms with Crippen molar-refractivity contribution in [2.45, 2.75) is 142 Å². The van der Waals surface area contributed by atoms with Crippen LogP contribution in [0.25, 0.3) is 0 Å². The SMILES string of the molecule is CCCC/C=C\C/C=C\C(CCCCCCC(=O)NCC(=O)O)OC(=O)CCCCCCCCCC. The van der Waals surface area contributed by atoms with E-state index in [1.54, 1.807) is 0 Å². The van der Waals surface area contributed by atoms with E-state index >= 15 is 0 Å². The van der Waals surface area contributed by atoms with E-state index in [4.69, 9.17) is 9.84 Å². The number of carboxylic acid groups (broad SMARTS) is 1. The van der Waals surface area contributed by atoms with Crippen molar-refractivity contribution in [1.29, 1.82) is 0 Å². The van der Waals surface area contributed by atoms with Crippen molar-refractivity contribution in [2.75, 3.05) is 6.54 Å². The molecular formula is C30H53NO5. The van der Waals surface area contributed by atoms with Gasteiger partial charge in [0.25, 0.3) is 0 Å². The molecule has 0 fully saturated rings. The normalized spacial score (nSPS) is 12.3.